The summed E-state index contributed by atoms with van der Waals surface area (Å²) in [5, 5.41) is 0.556. The van der Waals surface area contributed by atoms with Crippen LogP contribution in [-0.4, -0.2) is 18.5 Å². The Morgan fingerprint density at radius 2 is 1.46 bits per heavy atom. The van der Waals surface area contributed by atoms with Crippen molar-refractivity contribution in [2.75, 3.05) is 6.61 Å². The molecule has 0 aliphatic heterocycles. The van der Waals surface area contributed by atoms with Crippen molar-refractivity contribution >= 4 is 23.5 Å². The summed E-state index contributed by atoms with van der Waals surface area (Å²) in [4.78, 5) is 25.3. The lowest BCUT2D eigenvalue weighted by Gasteiger charge is -2.26. The molecule has 0 radical (unpaired) electrons. The zero-order valence-corrected chi connectivity index (χ0v) is 16.9. The normalized spacial score (nSPS) is 11.2. The number of hydrogen-bond acceptors (Lipinski definition) is 4. The standard InChI is InChI=1S/C21H31ClO4/c1-4-7-8-9-10-11-16-25-19(23)21(5-2,6-3)20(24)26-18-14-12-17(22)13-15-18/h12-15H,4-11,16H2,1-3H3. The van der Waals surface area contributed by atoms with E-state index in [1.54, 1.807) is 38.1 Å². The van der Waals surface area contributed by atoms with Gasteiger partial charge >= 0.3 is 11.9 Å². The predicted octanol–water partition coefficient (Wildman–Crippen LogP) is 5.96. The van der Waals surface area contributed by atoms with Gasteiger partial charge in [0.1, 0.15) is 5.75 Å². The first-order valence-electron chi connectivity index (χ1n) is 9.65. The van der Waals surface area contributed by atoms with E-state index in [1.165, 1.54) is 19.3 Å². The maximum absolute atomic E-state index is 12.7. The van der Waals surface area contributed by atoms with Gasteiger partial charge in [-0.05, 0) is 43.5 Å². The third-order valence-corrected chi connectivity index (χ3v) is 5.00. The molecule has 0 heterocycles. The maximum atomic E-state index is 12.7. The number of ether oxygens (including phenoxy) is 2. The fourth-order valence-electron chi connectivity index (χ4n) is 2.80. The van der Waals surface area contributed by atoms with Gasteiger partial charge in [0.05, 0.1) is 6.61 Å². The van der Waals surface area contributed by atoms with Gasteiger partial charge in [-0.2, -0.15) is 0 Å². The molecule has 0 aromatic heterocycles. The predicted molar refractivity (Wildman–Crippen MR) is 104 cm³/mol. The molecule has 1 aromatic rings. The number of hydrogen-bond donors (Lipinski definition) is 0. The van der Waals surface area contributed by atoms with E-state index >= 15 is 0 Å². The first kappa shape index (κ1) is 22.5. The highest BCUT2D eigenvalue weighted by molar-refractivity contribution is 6.30. The molecule has 1 rings (SSSR count). The van der Waals surface area contributed by atoms with E-state index in [0.717, 1.165) is 19.3 Å². The van der Waals surface area contributed by atoms with Crippen LogP contribution in [-0.2, 0) is 14.3 Å². The molecule has 0 aliphatic carbocycles. The number of halogens is 1. The quantitative estimate of drug-likeness (QED) is 0.194. The van der Waals surface area contributed by atoms with Crippen molar-refractivity contribution in [1.29, 1.82) is 0 Å². The summed E-state index contributed by atoms with van der Waals surface area (Å²) in [6.45, 7) is 6.14. The lowest BCUT2D eigenvalue weighted by molar-refractivity contribution is -0.168. The zero-order valence-electron chi connectivity index (χ0n) is 16.2. The summed E-state index contributed by atoms with van der Waals surface area (Å²) >= 11 is 5.84. The Morgan fingerprint density at radius 1 is 0.885 bits per heavy atom. The molecule has 0 fully saturated rings. The summed E-state index contributed by atoms with van der Waals surface area (Å²) in [6.07, 6.45) is 7.35. The Morgan fingerprint density at radius 3 is 2.04 bits per heavy atom. The third kappa shape index (κ3) is 6.64. The van der Waals surface area contributed by atoms with Gasteiger partial charge < -0.3 is 9.47 Å². The molecule has 0 aliphatic rings. The van der Waals surface area contributed by atoms with E-state index in [9.17, 15) is 9.59 Å². The molecule has 26 heavy (non-hydrogen) atoms. The van der Waals surface area contributed by atoms with Gasteiger partial charge in [-0.15, -0.1) is 0 Å². The van der Waals surface area contributed by atoms with Crippen LogP contribution in [0.15, 0.2) is 24.3 Å². The molecule has 146 valence electrons. The van der Waals surface area contributed by atoms with Gasteiger partial charge in [-0.3, -0.25) is 9.59 Å². The average molecular weight is 383 g/mol. The molecule has 0 saturated heterocycles. The zero-order chi connectivity index (χ0) is 19.4. The van der Waals surface area contributed by atoms with E-state index in [4.69, 9.17) is 21.1 Å². The van der Waals surface area contributed by atoms with Gasteiger partial charge in [0.25, 0.3) is 0 Å². The molecule has 0 N–H and O–H groups in total. The van der Waals surface area contributed by atoms with Gasteiger partial charge in [0.2, 0.25) is 0 Å². The Balaban J connectivity index is 2.58. The maximum Gasteiger partial charge on any atom is 0.328 e. The molecule has 0 saturated carbocycles. The van der Waals surface area contributed by atoms with E-state index in [2.05, 4.69) is 6.92 Å². The highest BCUT2D eigenvalue weighted by Gasteiger charge is 2.46. The van der Waals surface area contributed by atoms with E-state index < -0.39 is 17.4 Å². The van der Waals surface area contributed by atoms with Crippen molar-refractivity contribution in [2.45, 2.75) is 72.1 Å². The Labute approximate surface area is 162 Å². The largest absolute Gasteiger partial charge is 0.465 e. The second-order valence-electron chi connectivity index (χ2n) is 6.54. The topological polar surface area (TPSA) is 52.6 Å². The molecular formula is C21H31ClO4. The smallest absolute Gasteiger partial charge is 0.328 e. The summed E-state index contributed by atoms with van der Waals surface area (Å²) in [7, 11) is 0. The second kappa shape index (κ2) is 11.9. The Hall–Kier alpha value is -1.55. The number of unbranched alkanes of at least 4 members (excludes halogenated alkanes) is 5. The lowest BCUT2D eigenvalue weighted by Crippen LogP contribution is -2.42. The first-order valence-corrected chi connectivity index (χ1v) is 10.0. The minimum absolute atomic E-state index is 0.339. The molecule has 0 spiro atoms. The highest BCUT2D eigenvalue weighted by atomic mass is 35.5. The third-order valence-electron chi connectivity index (χ3n) is 4.74. The van der Waals surface area contributed by atoms with Gasteiger partial charge in [0, 0.05) is 5.02 Å². The first-order chi connectivity index (χ1) is 12.5. The molecular weight excluding hydrogens is 352 g/mol. The summed E-state index contributed by atoms with van der Waals surface area (Å²) in [6, 6.07) is 6.50. The lowest BCUT2D eigenvalue weighted by atomic mass is 9.82. The van der Waals surface area contributed by atoms with Gasteiger partial charge in [-0.1, -0.05) is 64.5 Å². The molecule has 1 aromatic carbocycles. The van der Waals surface area contributed by atoms with E-state index in [1.807, 2.05) is 0 Å². The van der Waals surface area contributed by atoms with Crippen LogP contribution in [0.25, 0.3) is 0 Å². The fraction of sp³-hybridized carbons (Fsp3) is 0.619. The van der Waals surface area contributed by atoms with Crippen molar-refractivity contribution in [3.63, 3.8) is 0 Å². The van der Waals surface area contributed by atoms with Crippen LogP contribution < -0.4 is 4.74 Å². The number of esters is 2. The molecule has 5 heteroatoms. The number of benzene rings is 1. The van der Waals surface area contributed by atoms with Crippen LogP contribution in [0, 0.1) is 5.41 Å². The van der Waals surface area contributed by atoms with Crippen LogP contribution in [0.2, 0.25) is 5.02 Å². The number of rotatable bonds is 12. The van der Waals surface area contributed by atoms with Crippen LogP contribution in [0.4, 0.5) is 0 Å². The van der Waals surface area contributed by atoms with Crippen LogP contribution in [0.3, 0.4) is 0 Å². The van der Waals surface area contributed by atoms with Gasteiger partial charge in [-0.25, -0.2) is 0 Å². The Bertz CT molecular complexity index is 550. The number of carbonyl (C=O) groups is 2. The van der Waals surface area contributed by atoms with Crippen LogP contribution >= 0.6 is 11.6 Å². The minimum atomic E-state index is -1.26. The summed E-state index contributed by atoms with van der Waals surface area (Å²) < 4.78 is 10.8. The Kier molecular flexibility index (Phi) is 10.3. The van der Waals surface area contributed by atoms with Crippen LogP contribution in [0.1, 0.15) is 72.1 Å². The summed E-state index contributed by atoms with van der Waals surface area (Å²) in [5.74, 6) is -0.692. The van der Waals surface area contributed by atoms with Crippen molar-refractivity contribution in [1.82, 2.24) is 0 Å². The second-order valence-corrected chi connectivity index (χ2v) is 6.97. The molecule has 0 unspecified atom stereocenters. The van der Waals surface area contributed by atoms with Crippen molar-refractivity contribution in [3.05, 3.63) is 29.3 Å². The highest BCUT2D eigenvalue weighted by Crippen LogP contribution is 2.31. The van der Waals surface area contributed by atoms with Crippen molar-refractivity contribution in [3.8, 4) is 5.75 Å². The van der Waals surface area contributed by atoms with E-state index in [0.29, 0.717) is 30.2 Å². The summed E-state index contributed by atoms with van der Waals surface area (Å²) in [5.41, 5.74) is -1.26. The molecule has 4 nitrogen and oxygen atoms in total. The molecule has 0 amide bonds. The SMILES string of the molecule is CCCCCCCCOC(=O)C(CC)(CC)C(=O)Oc1ccc(Cl)cc1. The van der Waals surface area contributed by atoms with Crippen molar-refractivity contribution < 1.29 is 19.1 Å². The number of carbonyl (C=O) groups excluding carboxylic acids is 2. The monoisotopic (exact) mass is 382 g/mol. The van der Waals surface area contributed by atoms with E-state index in [-0.39, 0.29) is 0 Å². The van der Waals surface area contributed by atoms with Crippen LogP contribution in [0.5, 0.6) is 5.75 Å². The average Bonchev–Trinajstić information content (AvgIpc) is 2.64. The fourth-order valence-corrected chi connectivity index (χ4v) is 2.93. The van der Waals surface area contributed by atoms with Gasteiger partial charge in [0.15, 0.2) is 5.41 Å². The molecule has 0 bridgehead atoms. The van der Waals surface area contributed by atoms with Crippen molar-refractivity contribution in [2.24, 2.45) is 5.41 Å². The minimum Gasteiger partial charge on any atom is -0.465 e. The molecule has 0 atom stereocenters.